The molecule has 100 valence electrons. The maximum atomic E-state index is 9.16. The Balaban J connectivity index is 3.47. The largest absolute Gasteiger partial charge is 0.380 e. The summed E-state index contributed by atoms with van der Waals surface area (Å²) in [4.78, 5) is 0. The van der Waals surface area contributed by atoms with Gasteiger partial charge in [0.25, 0.3) is 0 Å². The van der Waals surface area contributed by atoms with Crippen LogP contribution in [-0.4, -0.2) is 11.2 Å². The first-order valence-electron chi connectivity index (χ1n) is 7.12. The van der Waals surface area contributed by atoms with Gasteiger partial charge in [-0.05, 0) is 31.1 Å². The quantitative estimate of drug-likeness (QED) is 0.389. The zero-order valence-corrected chi connectivity index (χ0v) is 11.8. The van der Waals surface area contributed by atoms with Gasteiger partial charge in [-0.15, -0.1) is 0 Å². The molecule has 1 nitrogen and oxygen atoms in total. The molecule has 1 atom stereocenters. The van der Waals surface area contributed by atoms with Gasteiger partial charge in [-0.25, -0.2) is 0 Å². The van der Waals surface area contributed by atoms with E-state index in [9.17, 15) is 0 Å². The summed E-state index contributed by atoms with van der Waals surface area (Å²) in [5.74, 6) is 11.0. The van der Waals surface area contributed by atoms with Crippen LogP contribution in [0.1, 0.15) is 65.2 Å². The lowest BCUT2D eigenvalue weighted by atomic mass is 10.1. The van der Waals surface area contributed by atoms with Gasteiger partial charge in [0.05, 0.1) is 0 Å². The lowest BCUT2D eigenvalue weighted by Crippen LogP contribution is -1.98. The van der Waals surface area contributed by atoms with E-state index in [2.05, 4.69) is 42.8 Å². The molecule has 1 unspecified atom stereocenters. The molecule has 18 heavy (non-hydrogen) atoms. The van der Waals surface area contributed by atoms with Crippen molar-refractivity contribution < 1.29 is 5.11 Å². The Hall–Kier alpha value is -1.18. The maximum Gasteiger partial charge on any atom is 0.115 e. The standard InChI is InChI=1S/C17H26O/c1-3-5-6-7-8-9-10-11-12-13-14-15-16-17(18)4-2/h10-11,17-18H,3-9,12H2,1-2H3. The van der Waals surface area contributed by atoms with Crippen LogP contribution >= 0.6 is 0 Å². The zero-order chi connectivity index (χ0) is 13.5. The van der Waals surface area contributed by atoms with Crippen LogP contribution < -0.4 is 0 Å². The molecule has 0 spiro atoms. The van der Waals surface area contributed by atoms with Crippen LogP contribution in [0.5, 0.6) is 0 Å². The predicted molar refractivity (Wildman–Crippen MR) is 79.0 cm³/mol. The van der Waals surface area contributed by atoms with E-state index in [1.807, 2.05) is 6.92 Å². The Bertz CT molecular complexity index is 319. The normalized spacial score (nSPS) is 11.5. The summed E-state index contributed by atoms with van der Waals surface area (Å²) in [7, 11) is 0. The van der Waals surface area contributed by atoms with Crippen molar-refractivity contribution >= 4 is 0 Å². The minimum Gasteiger partial charge on any atom is -0.380 e. The molecule has 0 heterocycles. The fourth-order valence-corrected chi connectivity index (χ4v) is 1.44. The molecule has 0 aliphatic rings. The summed E-state index contributed by atoms with van der Waals surface area (Å²) >= 11 is 0. The first-order chi connectivity index (χ1) is 8.81. The van der Waals surface area contributed by atoms with Crippen LogP contribution in [0, 0.1) is 23.7 Å². The fraction of sp³-hybridized carbons (Fsp3) is 0.647. The molecule has 1 N–H and O–H groups in total. The van der Waals surface area contributed by atoms with Crippen LogP contribution in [0.2, 0.25) is 0 Å². The van der Waals surface area contributed by atoms with E-state index >= 15 is 0 Å². The van der Waals surface area contributed by atoms with Crippen molar-refractivity contribution in [1.82, 2.24) is 0 Å². The second-order valence-electron chi connectivity index (χ2n) is 4.37. The van der Waals surface area contributed by atoms with Gasteiger partial charge < -0.3 is 5.11 Å². The van der Waals surface area contributed by atoms with Crippen LogP contribution in [0.4, 0.5) is 0 Å². The van der Waals surface area contributed by atoms with Crippen LogP contribution in [-0.2, 0) is 0 Å². The summed E-state index contributed by atoms with van der Waals surface area (Å²) in [5.41, 5.74) is 0. The molecule has 0 aromatic rings. The third-order valence-electron chi connectivity index (χ3n) is 2.64. The van der Waals surface area contributed by atoms with Crippen molar-refractivity contribution in [2.75, 3.05) is 0 Å². The zero-order valence-electron chi connectivity index (χ0n) is 11.8. The van der Waals surface area contributed by atoms with Crippen LogP contribution in [0.3, 0.4) is 0 Å². The molecule has 0 saturated carbocycles. The van der Waals surface area contributed by atoms with Gasteiger partial charge in [0.2, 0.25) is 0 Å². The Morgan fingerprint density at radius 3 is 2.50 bits per heavy atom. The molecular formula is C17H26O. The highest BCUT2D eigenvalue weighted by atomic mass is 16.3. The molecule has 0 saturated heterocycles. The van der Waals surface area contributed by atoms with Gasteiger partial charge in [-0.2, -0.15) is 0 Å². The molecule has 0 aromatic heterocycles. The number of unbranched alkanes of at least 4 members (excludes halogenated alkanes) is 5. The summed E-state index contributed by atoms with van der Waals surface area (Å²) in [6, 6.07) is 0. The van der Waals surface area contributed by atoms with Gasteiger partial charge >= 0.3 is 0 Å². The van der Waals surface area contributed by atoms with E-state index in [1.54, 1.807) is 0 Å². The first kappa shape index (κ1) is 16.8. The van der Waals surface area contributed by atoms with E-state index in [4.69, 9.17) is 5.11 Å². The molecule has 0 aromatic carbocycles. The minimum absolute atomic E-state index is 0.530. The third kappa shape index (κ3) is 12.9. The van der Waals surface area contributed by atoms with E-state index in [0.717, 1.165) is 12.8 Å². The number of aliphatic hydroxyl groups excluding tert-OH is 1. The molecule has 1 heteroatoms. The Labute approximate surface area is 113 Å². The lowest BCUT2D eigenvalue weighted by Gasteiger charge is -1.95. The summed E-state index contributed by atoms with van der Waals surface area (Å²) < 4.78 is 0. The first-order valence-corrected chi connectivity index (χ1v) is 7.12. The van der Waals surface area contributed by atoms with Crippen molar-refractivity contribution in [2.45, 2.75) is 71.3 Å². The summed E-state index contributed by atoms with van der Waals surface area (Å²) in [5, 5.41) is 9.16. The topological polar surface area (TPSA) is 20.2 Å². The molecule has 0 radical (unpaired) electrons. The van der Waals surface area contributed by atoms with Gasteiger partial charge in [0, 0.05) is 6.42 Å². The molecule has 0 rings (SSSR count). The van der Waals surface area contributed by atoms with Gasteiger partial charge in [-0.3, -0.25) is 0 Å². The van der Waals surface area contributed by atoms with Crippen molar-refractivity contribution in [3.8, 4) is 23.7 Å². The average molecular weight is 246 g/mol. The van der Waals surface area contributed by atoms with Gasteiger partial charge in [-0.1, -0.05) is 63.5 Å². The lowest BCUT2D eigenvalue weighted by molar-refractivity contribution is 0.228. The second-order valence-corrected chi connectivity index (χ2v) is 4.37. The Morgan fingerprint density at radius 2 is 1.78 bits per heavy atom. The van der Waals surface area contributed by atoms with E-state index in [0.29, 0.717) is 6.42 Å². The molecule has 0 amide bonds. The van der Waals surface area contributed by atoms with Crippen LogP contribution in [0.15, 0.2) is 12.2 Å². The fourth-order valence-electron chi connectivity index (χ4n) is 1.44. The monoisotopic (exact) mass is 246 g/mol. The van der Waals surface area contributed by atoms with E-state index < -0.39 is 6.10 Å². The van der Waals surface area contributed by atoms with Crippen molar-refractivity contribution in [3.05, 3.63) is 12.2 Å². The van der Waals surface area contributed by atoms with Crippen LogP contribution in [0.25, 0.3) is 0 Å². The van der Waals surface area contributed by atoms with E-state index in [-0.39, 0.29) is 0 Å². The highest BCUT2D eigenvalue weighted by Gasteiger charge is 1.89. The van der Waals surface area contributed by atoms with Gasteiger partial charge in [0.15, 0.2) is 0 Å². The van der Waals surface area contributed by atoms with E-state index in [1.165, 1.54) is 32.1 Å². The molecule has 0 bridgehead atoms. The SMILES string of the molecule is CCCCCCCC=CCC#CC#CC(O)CC. The number of aliphatic hydroxyl groups is 1. The highest BCUT2D eigenvalue weighted by Crippen LogP contribution is 2.05. The predicted octanol–water partition coefficient (Wildman–Crippen LogP) is 4.07. The maximum absolute atomic E-state index is 9.16. The molecule has 0 aliphatic carbocycles. The Kier molecular flexibility index (Phi) is 13.0. The van der Waals surface area contributed by atoms with Crippen molar-refractivity contribution in [3.63, 3.8) is 0 Å². The number of allylic oxidation sites excluding steroid dienone is 2. The average Bonchev–Trinajstić information content (AvgIpc) is 2.39. The number of hydrogen-bond acceptors (Lipinski definition) is 1. The summed E-state index contributed by atoms with van der Waals surface area (Å²) in [6.07, 6.45) is 13.0. The third-order valence-corrected chi connectivity index (χ3v) is 2.64. The Morgan fingerprint density at radius 1 is 1.00 bits per heavy atom. The highest BCUT2D eigenvalue weighted by molar-refractivity contribution is 5.27. The molecule has 0 aliphatic heterocycles. The molecular weight excluding hydrogens is 220 g/mol. The van der Waals surface area contributed by atoms with Gasteiger partial charge in [0.1, 0.15) is 6.10 Å². The minimum atomic E-state index is -0.530. The molecule has 0 fully saturated rings. The number of hydrogen-bond donors (Lipinski definition) is 1. The van der Waals surface area contributed by atoms with Crippen molar-refractivity contribution in [1.29, 1.82) is 0 Å². The second kappa shape index (κ2) is 13.9. The number of rotatable bonds is 8. The summed E-state index contributed by atoms with van der Waals surface area (Å²) in [6.45, 7) is 4.14. The smallest absolute Gasteiger partial charge is 0.115 e. The van der Waals surface area contributed by atoms with Crippen molar-refractivity contribution in [2.24, 2.45) is 0 Å².